The predicted molar refractivity (Wildman–Crippen MR) is 51.1 cm³/mol. The fourth-order valence-electron chi connectivity index (χ4n) is 1.38. The number of phenolic OH excluding ortho intramolecular Hbond substituents is 1. The Morgan fingerprint density at radius 1 is 1.50 bits per heavy atom. The van der Waals surface area contributed by atoms with Crippen molar-refractivity contribution in [2.45, 2.75) is 12.6 Å². The minimum atomic E-state index is -0.804. The standard InChI is InChI=1S/C10H11N3O3/c11-10-6-13(12-16-10)5-9(15)7-2-1-3-8(14)4-7/h1-4,6,9,11,14-15H,5H2. The van der Waals surface area contributed by atoms with Crippen LogP contribution in [0.5, 0.6) is 5.75 Å². The summed E-state index contributed by atoms with van der Waals surface area (Å²) in [6.07, 6.45) is 0.563. The highest BCUT2D eigenvalue weighted by atomic mass is 16.5. The first-order valence-electron chi connectivity index (χ1n) is 4.70. The molecule has 0 saturated carbocycles. The Bertz CT molecular complexity index is 532. The van der Waals surface area contributed by atoms with Crippen molar-refractivity contribution in [3.05, 3.63) is 41.6 Å². The average molecular weight is 221 g/mol. The third-order valence-electron chi connectivity index (χ3n) is 2.13. The van der Waals surface area contributed by atoms with Gasteiger partial charge in [-0.1, -0.05) is 12.1 Å². The summed E-state index contributed by atoms with van der Waals surface area (Å²) < 4.78 is 5.87. The molecule has 1 atom stereocenters. The van der Waals surface area contributed by atoms with Crippen molar-refractivity contribution in [2.24, 2.45) is 0 Å². The highest BCUT2D eigenvalue weighted by Crippen LogP contribution is 2.17. The van der Waals surface area contributed by atoms with Crippen LogP contribution in [0.15, 0.2) is 35.0 Å². The lowest BCUT2D eigenvalue weighted by atomic mass is 10.1. The molecule has 0 fully saturated rings. The largest absolute Gasteiger partial charge is 0.508 e. The zero-order valence-corrected chi connectivity index (χ0v) is 8.37. The number of hydrogen-bond donors (Lipinski definition) is 3. The minimum Gasteiger partial charge on any atom is -0.508 e. The van der Waals surface area contributed by atoms with Crippen LogP contribution in [-0.4, -0.2) is 10.2 Å². The Morgan fingerprint density at radius 2 is 2.31 bits per heavy atom. The summed E-state index contributed by atoms with van der Waals surface area (Å²) in [5, 5.41) is 29.7. The number of nitrogens with zero attached hydrogens (tertiary/aromatic N) is 2. The summed E-state index contributed by atoms with van der Waals surface area (Å²) in [7, 11) is 0. The molecule has 6 nitrogen and oxygen atoms in total. The van der Waals surface area contributed by atoms with Crippen molar-refractivity contribution in [3.63, 3.8) is 0 Å². The number of aliphatic hydroxyl groups excluding tert-OH is 1. The SMILES string of the molecule is N=c1c[n+](CC(O)c2cccc(O)c2)[n-]o1. The lowest BCUT2D eigenvalue weighted by molar-refractivity contribution is -0.773. The van der Waals surface area contributed by atoms with Gasteiger partial charge in [-0.2, -0.15) is 0 Å². The van der Waals surface area contributed by atoms with Crippen LogP contribution in [0.3, 0.4) is 0 Å². The molecule has 3 N–H and O–H groups in total. The topological polar surface area (TPSA) is 95.4 Å². The maximum atomic E-state index is 9.83. The normalized spacial score (nSPS) is 12.6. The average Bonchev–Trinajstić information content (AvgIpc) is 2.64. The zero-order valence-electron chi connectivity index (χ0n) is 8.37. The summed E-state index contributed by atoms with van der Waals surface area (Å²) in [5.41, 5.74) is 0.519. The van der Waals surface area contributed by atoms with Crippen LogP contribution in [0.2, 0.25) is 0 Å². The Labute approximate surface area is 90.9 Å². The van der Waals surface area contributed by atoms with Gasteiger partial charge in [-0.05, 0) is 17.7 Å². The van der Waals surface area contributed by atoms with Gasteiger partial charge < -0.3 is 14.7 Å². The number of aromatic hydroxyl groups is 1. The molecule has 1 heterocycles. The summed E-state index contributed by atoms with van der Waals surface area (Å²) in [4.78, 5) is 0. The van der Waals surface area contributed by atoms with Gasteiger partial charge in [0.05, 0.1) is 0 Å². The molecule has 0 amide bonds. The molecule has 0 radical (unpaired) electrons. The summed E-state index contributed by atoms with van der Waals surface area (Å²) in [6, 6.07) is 6.36. The van der Waals surface area contributed by atoms with Crippen molar-refractivity contribution < 1.29 is 19.4 Å². The van der Waals surface area contributed by atoms with E-state index in [1.54, 1.807) is 12.1 Å². The molecule has 1 unspecified atom stereocenters. The molecule has 2 aromatic rings. The van der Waals surface area contributed by atoms with Crippen LogP contribution >= 0.6 is 0 Å². The number of rotatable bonds is 3. The molecule has 84 valence electrons. The van der Waals surface area contributed by atoms with E-state index in [9.17, 15) is 10.2 Å². The molecule has 1 aromatic carbocycles. The molecule has 2 rings (SSSR count). The van der Waals surface area contributed by atoms with Gasteiger partial charge in [-0.3, -0.25) is 10.7 Å². The third kappa shape index (κ3) is 2.29. The zero-order chi connectivity index (χ0) is 11.5. The highest BCUT2D eigenvalue weighted by molar-refractivity contribution is 5.28. The summed E-state index contributed by atoms with van der Waals surface area (Å²) in [6.45, 7) is 0.172. The number of nitrogens with one attached hydrogen (secondary N) is 1. The van der Waals surface area contributed by atoms with E-state index in [0.717, 1.165) is 0 Å². The Hall–Kier alpha value is -2.08. The van der Waals surface area contributed by atoms with Gasteiger partial charge in [0, 0.05) is 0 Å². The lowest BCUT2D eigenvalue weighted by Gasteiger charge is -2.08. The second-order valence-electron chi connectivity index (χ2n) is 3.40. The molecule has 0 aliphatic heterocycles. The molecule has 6 heteroatoms. The molecule has 0 aliphatic carbocycles. The first kappa shape index (κ1) is 10.4. The molecular weight excluding hydrogens is 210 g/mol. The van der Waals surface area contributed by atoms with Crippen LogP contribution in [0, 0.1) is 5.41 Å². The fraction of sp³-hybridized carbons (Fsp3) is 0.200. The molecule has 0 aliphatic rings. The molecular formula is C10H11N3O3. The fourth-order valence-corrected chi connectivity index (χ4v) is 1.38. The predicted octanol–water partition coefficient (Wildman–Crippen LogP) is -0.557. The van der Waals surface area contributed by atoms with Crippen LogP contribution in [0.1, 0.15) is 11.7 Å². The Balaban J connectivity index is 2.14. The van der Waals surface area contributed by atoms with Crippen molar-refractivity contribution >= 4 is 0 Å². The van der Waals surface area contributed by atoms with Crippen molar-refractivity contribution in [2.75, 3.05) is 0 Å². The molecule has 0 bridgehead atoms. The first-order chi connectivity index (χ1) is 7.65. The van der Waals surface area contributed by atoms with E-state index >= 15 is 0 Å². The van der Waals surface area contributed by atoms with E-state index < -0.39 is 6.10 Å². The van der Waals surface area contributed by atoms with Crippen molar-refractivity contribution in [1.29, 1.82) is 5.41 Å². The second-order valence-corrected chi connectivity index (χ2v) is 3.40. The van der Waals surface area contributed by atoms with Crippen LogP contribution in [-0.2, 0) is 6.54 Å². The van der Waals surface area contributed by atoms with Gasteiger partial charge in [-0.15, -0.1) is 0 Å². The van der Waals surface area contributed by atoms with E-state index in [0.29, 0.717) is 5.56 Å². The molecule has 1 aromatic heterocycles. The number of benzene rings is 1. The number of hydrogen-bond acceptors (Lipinski definition) is 4. The highest BCUT2D eigenvalue weighted by Gasteiger charge is 2.12. The minimum absolute atomic E-state index is 0.0666. The van der Waals surface area contributed by atoms with Crippen LogP contribution in [0.4, 0.5) is 0 Å². The molecule has 16 heavy (non-hydrogen) atoms. The van der Waals surface area contributed by atoms with Crippen molar-refractivity contribution in [1.82, 2.24) is 5.27 Å². The van der Waals surface area contributed by atoms with Gasteiger partial charge in [0.2, 0.25) is 6.20 Å². The van der Waals surface area contributed by atoms with Gasteiger partial charge in [-0.25, -0.2) is 4.68 Å². The third-order valence-corrected chi connectivity index (χ3v) is 2.13. The van der Waals surface area contributed by atoms with E-state index in [1.165, 1.54) is 23.0 Å². The van der Waals surface area contributed by atoms with Crippen LogP contribution < -0.4 is 15.5 Å². The van der Waals surface area contributed by atoms with E-state index in [2.05, 4.69) is 9.79 Å². The molecule has 0 spiro atoms. The summed E-state index contributed by atoms with van der Waals surface area (Å²) >= 11 is 0. The van der Waals surface area contributed by atoms with Crippen molar-refractivity contribution in [3.8, 4) is 5.75 Å². The van der Waals surface area contributed by atoms with E-state index in [4.69, 9.17) is 5.41 Å². The monoisotopic (exact) mass is 221 g/mol. The Kier molecular flexibility index (Phi) is 2.74. The lowest BCUT2D eigenvalue weighted by Crippen LogP contribution is -2.40. The number of phenols is 1. The maximum Gasteiger partial charge on any atom is 0.264 e. The first-order valence-corrected chi connectivity index (χ1v) is 4.70. The van der Waals surface area contributed by atoms with Crippen LogP contribution in [0.25, 0.3) is 0 Å². The molecule has 0 saturated heterocycles. The van der Waals surface area contributed by atoms with E-state index in [-0.39, 0.29) is 17.8 Å². The summed E-state index contributed by atoms with van der Waals surface area (Å²) in [5.74, 6) is 0.0999. The second kappa shape index (κ2) is 4.19. The number of aliphatic hydroxyl groups is 1. The Morgan fingerprint density at radius 3 is 2.94 bits per heavy atom. The maximum absolute atomic E-state index is 9.83. The smallest absolute Gasteiger partial charge is 0.264 e. The van der Waals surface area contributed by atoms with Gasteiger partial charge in [0.1, 0.15) is 11.9 Å². The van der Waals surface area contributed by atoms with E-state index in [1.807, 2.05) is 0 Å². The quantitative estimate of drug-likeness (QED) is 0.605. The van der Waals surface area contributed by atoms with Gasteiger partial charge in [0.25, 0.3) is 5.55 Å². The van der Waals surface area contributed by atoms with Gasteiger partial charge >= 0.3 is 0 Å². The van der Waals surface area contributed by atoms with Gasteiger partial charge in [0.15, 0.2) is 6.54 Å². The number of aromatic nitrogens is 2.